The van der Waals surface area contributed by atoms with E-state index in [1.807, 2.05) is 0 Å². The molecule has 2 heterocycles. The number of hydrogen-bond donors (Lipinski definition) is 1. The highest BCUT2D eigenvalue weighted by Gasteiger charge is 2.44. The minimum atomic E-state index is -4.46. The number of aromatic amines is 1. The van der Waals surface area contributed by atoms with Gasteiger partial charge in [0.2, 0.25) is 5.78 Å². The highest BCUT2D eigenvalue weighted by Crippen LogP contribution is 2.42. The number of alkyl halides is 3. The molecule has 1 aliphatic rings. The number of carbonyl (C=O) groups excluding carboxylic acids is 1. The summed E-state index contributed by atoms with van der Waals surface area (Å²) >= 11 is 1.000. The first-order chi connectivity index (χ1) is 12.4. The Morgan fingerprint density at radius 1 is 1.08 bits per heavy atom. The molecule has 3 aromatic rings. The lowest BCUT2D eigenvalue weighted by Gasteiger charge is -2.17. The number of anilines is 1. The predicted octanol–water partition coefficient (Wildman–Crippen LogP) is 4.43. The molecule has 2 aromatic heterocycles. The summed E-state index contributed by atoms with van der Waals surface area (Å²) in [4.78, 5) is 15.9. The van der Waals surface area contributed by atoms with Gasteiger partial charge in [0.15, 0.2) is 0 Å². The number of nitrogens with two attached hydrogens (primary N) is 1. The van der Waals surface area contributed by atoms with Gasteiger partial charge in [-0.05, 0) is 31.2 Å². The van der Waals surface area contributed by atoms with Crippen molar-refractivity contribution in [3.63, 3.8) is 0 Å². The van der Waals surface area contributed by atoms with Gasteiger partial charge in [0.25, 0.3) is 10.5 Å². The van der Waals surface area contributed by atoms with E-state index in [0.717, 1.165) is 24.2 Å². The van der Waals surface area contributed by atoms with Crippen LogP contribution >= 0.6 is 11.3 Å². The SMILES string of the molecule is Nc1c(C(=O)c2ccccc2)sc2[nH+]c(C(F)(F)F)c3c(c12)CCCC3. The Balaban J connectivity index is 1.97. The molecule has 0 amide bonds. The maximum Gasteiger partial charge on any atom is 0.477 e. The lowest BCUT2D eigenvalue weighted by atomic mass is 9.88. The summed E-state index contributed by atoms with van der Waals surface area (Å²) in [5.74, 6) is -0.268. The van der Waals surface area contributed by atoms with Crippen molar-refractivity contribution in [3.05, 3.63) is 57.6 Å². The van der Waals surface area contributed by atoms with Crippen LogP contribution in [0.2, 0.25) is 0 Å². The lowest BCUT2D eigenvalue weighted by molar-refractivity contribution is -0.397. The number of nitrogens with one attached hydrogen (secondary N) is 1. The van der Waals surface area contributed by atoms with Crippen LogP contribution in [0, 0.1) is 0 Å². The molecule has 3 nitrogen and oxygen atoms in total. The lowest BCUT2D eigenvalue weighted by Crippen LogP contribution is -2.26. The Hall–Kier alpha value is -2.41. The maximum atomic E-state index is 13.5. The fourth-order valence-electron chi connectivity index (χ4n) is 3.61. The largest absolute Gasteiger partial charge is 0.477 e. The molecule has 4 rings (SSSR count). The second kappa shape index (κ2) is 6.09. The standard InChI is InChI=1S/C19H15F3N2OS/c20-19(21,22)17-12-9-5-4-8-11(12)13-14(23)16(26-18(13)24-17)15(25)10-6-2-1-3-7-10/h1-3,6-7H,4-5,8-9,23H2/p+1. The normalized spacial score (nSPS) is 14.4. The summed E-state index contributed by atoms with van der Waals surface area (Å²) in [6, 6.07) is 8.63. The van der Waals surface area contributed by atoms with Crippen LogP contribution in [0.4, 0.5) is 18.9 Å². The molecule has 1 aromatic carbocycles. The molecular formula is C19H16F3N2OS+. The van der Waals surface area contributed by atoms with E-state index in [0.29, 0.717) is 39.7 Å². The van der Waals surface area contributed by atoms with E-state index in [9.17, 15) is 18.0 Å². The van der Waals surface area contributed by atoms with Crippen LogP contribution in [0.15, 0.2) is 30.3 Å². The second-order valence-electron chi connectivity index (χ2n) is 6.41. The molecule has 0 aliphatic heterocycles. The monoisotopic (exact) mass is 377 g/mol. The van der Waals surface area contributed by atoms with Crippen molar-refractivity contribution in [2.24, 2.45) is 0 Å². The Labute approximate surface area is 151 Å². The van der Waals surface area contributed by atoms with Crippen molar-refractivity contribution < 1.29 is 22.9 Å². The number of aromatic nitrogens is 1. The summed E-state index contributed by atoms with van der Waals surface area (Å²) in [5.41, 5.74) is 7.22. The van der Waals surface area contributed by atoms with Crippen molar-refractivity contribution in [1.29, 1.82) is 0 Å². The van der Waals surface area contributed by atoms with Gasteiger partial charge in [-0.25, -0.2) is 0 Å². The third kappa shape index (κ3) is 2.67. The molecule has 0 spiro atoms. The summed E-state index contributed by atoms with van der Waals surface area (Å²) in [6.07, 6.45) is -2.01. The van der Waals surface area contributed by atoms with Gasteiger partial charge in [-0.3, -0.25) is 4.79 Å². The summed E-state index contributed by atoms with van der Waals surface area (Å²) < 4.78 is 40.5. The minimum absolute atomic E-state index is 0.268. The molecule has 0 unspecified atom stereocenters. The van der Waals surface area contributed by atoms with E-state index >= 15 is 0 Å². The van der Waals surface area contributed by atoms with E-state index in [1.54, 1.807) is 30.3 Å². The van der Waals surface area contributed by atoms with Gasteiger partial charge in [-0.15, -0.1) is 0 Å². The number of ketones is 1. The number of H-pyrrole nitrogens is 1. The fourth-order valence-corrected chi connectivity index (χ4v) is 4.72. The first kappa shape index (κ1) is 17.0. The van der Waals surface area contributed by atoms with Gasteiger partial charge in [0.1, 0.15) is 4.88 Å². The zero-order chi connectivity index (χ0) is 18.5. The van der Waals surface area contributed by atoms with Gasteiger partial charge < -0.3 is 5.73 Å². The number of pyridine rings is 1. The quantitative estimate of drug-likeness (QED) is 0.672. The first-order valence-corrected chi connectivity index (χ1v) is 9.15. The number of benzene rings is 1. The Kier molecular flexibility index (Phi) is 3.99. The van der Waals surface area contributed by atoms with Gasteiger partial charge >= 0.3 is 6.18 Å². The zero-order valence-corrected chi connectivity index (χ0v) is 14.6. The van der Waals surface area contributed by atoms with Crippen LogP contribution in [-0.4, -0.2) is 5.78 Å². The van der Waals surface area contributed by atoms with Crippen molar-refractivity contribution in [3.8, 4) is 0 Å². The zero-order valence-electron chi connectivity index (χ0n) is 13.7. The van der Waals surface area contributed by atoms with Crippen LogP contribution in [0.1, 0.15) is 44.9 Å². The number of carbonyl (C=O) groups is 1. The molecule has 0 bridgehead atoms. The number of fused-ring (bicyclic) bond motifs is 3. The summed E-state index contributed by atoms with van der Waals surface area (Å²) in [5, 5.41) is 0.581. The number of hydrogen-bond acceptors (Lipinski definition) is 3. The predicted molar refractivity (Wildman–Crippen MR) is 94.3 cm³/mol. The van der Waals surface area contributed by atoms with Crippen molar-refractivity contribution in [2.45, 2.75) is 31.9 Å². The molecule has 134 valence electrons. The number of halogens is 3. The summed E-state index contributed by atoms with van der Waals surface area (Å²) in [7, 11) is 0. The molecular weight excluding hydrogens is 361 g/mol. The van der Waals surface area contributed by atoms with E-state index < -0.39 is 11.9 Å². The third-order valence-corrected chi connectivity index (χ3v) is 5.90. The van der Waals surface area contributed by atoms with Crippen molar-refractivity contribution in [1.82, 2.24) is 0 Å². The minimum Gasteiger partial charge on any atom is -0.397 e. The molecule has 0 atom stereocenters. The Morgan fingerprint density at radius 3 is 2.38 bits per heavy atom. The number of aryl methyl sites for hydroxylation is 1. The highest BCUT2D eigenvalue weighted by atomic mass is 32.1. The van der Waals surface area contributed by atoms with Gasteiger partial charge in [0.05, 0.1) is 11.1 Å². The van der Waals surface area contributed by atoms with Crippen LogP contribution in [0.3, 0.4) is 0 Å². The smallest absolute Gasteiger partial charge is 0.397 e. The molecule has 3 N–H and O–H groups in total. The van der Waals surface area contributed by atoms with Crippen LogP contribution in [-0.2, 0) is 19.0 Å². The maximum absolute atomic E-state index is 13.5. The third-order valence-electron chi connectivity index (χ3n) is 4.78. The molecule has 1 aliphatic carbocycles. The van der Waals surface area contributed by atoms with Crippen LogP contribution < -0.4 is 10.7 Å². The Bertz CT molecular complexity index is 1010. The topological polar surface area (TPSA) is 57.2 Å². The van der Waals surface area contributed by atoms with Gasteiger partial charge in [-0.1, -0.05) is 41.7 Å². The van der Waals surface area contributed by atoms with Crippen LogP contribution in [0.25, 0.3) is 10.2 Å². The number of nitrogen functional groups attached to an aromatic ring is 1. The van der Waals surface area contributed by atoms with E-state index in [2.05, 4.69) is 4.98 Å². The van der Waals surface area contributed by atoms with E-state index in [4.69, 9.17) is 5.73 Å². The van der Waals surface area contributed by atoms with Crippen molar-refractivity contribution in [2.75, 3.05) is 5.73 Å². The van der Waals surface area contributed by atoms with Gasteiger partial charge in [-0.2, -0.15) is 18.2 Å². The molecule has 0 radical (unpaired) electrons. The number of rotatable bonds is 2. The molecule has 26 heavy (non-hydrogen) atoms. The van der Waals surface area contributed by atoms with E-state index in [1.165, 1.54) is 0 Å². The summed E-state index contributed by atoms with van der Waals surface area (Å²) in [6.45, 7) is 0. The Morgan fingerprint density at radius 2 is 1.73 bits per heavy atom. The average Bonchev–Trinajstić information content (AvgIpc) is 2.97. The first-order valence-electron chi connectivity index (χ1n) is 8.34. The average molecular weight is 377 g/mol. The molecule has 7 heteroatoms. The van der Waals surface area contributed by atoms with E-state index in [-0.39, 0.29) is 16.3 Å². The molecule has 0 saturated heterocycles. The van der Waals surface area contributed by atoms with Crippen LogP contribution in [0.5, 0.6) is 0 Å². The molecule has 0 saturated carbocycles. The molecule has 0 fully saturated rings. The van der Waals surface area contributed by atoms with Gasteiger partial charge in [0, 0.05) is 11.1 Å². The fraction of sp³-hybridized carbons (Fsp3) is 0.263. The second-order valence-corrected chi connectivity index (χ2v) is 7.43. The number of thiophene rings is 1. The van der Waals surface area contributed by atoms with Crippen molar-refractivity contribution >= 4 is 33.0 Å². The highest BCUT2D eigenvalue weighted by molar-refractivity contribution is 7.21.